The second-order valence-corrected chi connectivity index (χ2v) is 7.98. The molecular weight excluding hydrogens is 473 g/mol. The Kier molecular flexibility index (Phi) is 6.30. The van der Waals surface area contributed by atoms with Crippen LogP contribution in [0.25, 0.3) is 0 Å². The summed E-state index contributed by atoms with van der Waals surface area (Å²) in [5.74, 6) is -4.18. The smallest absolute Gasteiger partial charge is 0.353 e. The van der Waals surface area contributed by atoms with Crippen molar-refractivity contribution in [2.45, 2.75) is 25.1 Å². The summed E-state index contributed by atoms with van der Waals surface area (Å²) in [6, 6.07) is 9.77. The third-order valence-corrected chi connectivity index (χ3v) is 5.65. The number of halogens is 3. The topological polar surface area (TPSA) is 154 Å². The Balaban J connectivity index is 1.50. The number of nitro benzene ring substituents is 1. The number of hydrogen-bond acceptors (Lipinski definition) is 7. The lowest BCUT2D eigenvalue weighted by Crippen LogP contribution is -2.72. The Morgan fingerprint density at radius 2 is 1.83 bits per heavy atom. The molecule has 0 radical (unpaired) electrons. The molecule has 4 rings (SSSR count). The summed E-state index contributed by atoms with van der Waals surface area (Å²) in [4.78, 5) is 48.7. The van der Waals surface area contributed by atoms with E-state index >= 15 is 0 Å². The second kappa shape index (κ2) is 9.21. The first kappa shape index (κ1) is 23.9. The Morgan fingerprint density at radius 3 is 2.54 bits per heavy atom. The number of fused-ring (bicyclic) bond motifs is 1. The van der Waals surface area contributed by atoms with Crippen LogP contribution in [0, 0.1) is 22.0 Å². The van der Waals surface area contributed by atoms with Crippen LogP contribution in [0.2, 0.25) is 0 Å². The van der Waals surface area contributed by atoms with E-state index in [1.165, 1.54) is 36.4 Å². The molecule has 14 heteroatoms. The largest absolute Gasteiger partial charge is 0.416 e. The maximum atomic E-state index is 13.0. The van der Waals surface area contributed by atoms with Gasteiger partial charge in [-0.3, -0.25) is 29.8 Å². The number of benzene rings is 2. The zero-order valence-electron chi connectivity index (χ0n) is 17.8. The number of para-hydroxylation sites is 2. The molecule has 4 atom stereocenters. The molecule has 0 spiro atoms. The fourth-order valence-corrected chi connectivity index (χ4v) is 4.07. The van der Waals surface area contributed by atoms with E-state index in [9.17, 15) is 37.7 Å². The zero-order chi connectivity index (χ0) is 25.3. The normalized spacial score (nSPS) is 24.0. The number of nitro groups is 1. The van der Waals surface area contributed by atoms with Gasteiger partial charge in [0.25, 0.3) is 5.69 Å². The van der Waals surface area contributed by atoms with Crippen molar-refractivity contribution in [3.63, 3.8) is 0 Å². The van der Waals surface area contributed by atoms with Crippen molar-refractivity contribution in [1.82, 2.24) is 16.0 Å². The lowest BCUT2D eigenvalue weighted by molar-refractivity contribution is -0.383. The number of alkyl halides is 3. The van der Waals surface area contributed by atoms with Gasteiger partial charge in [-0.05, 0) is 24.3 Å². The van der Waals surface area contributed by atoms with E-state index in [-0.39, 0.29) is 23.5 Å². The highest BCUT2D eigenvalue weighted by atomic mass is 19.4. The number of amides is 3. The molecule has 0 saturated carbocycles. The summed E-state index contributed by atoms with van der Waals surface area (Å²) in [6.45, 7) is 0. The van der Waals surface area contributed by atoms with Crippen LogP contribution in [0.3, 0.4) is 0 Å². The Labute approximate surface area is 195 Å². The summed E-state index contributed by atoms with van der Waals surface area (Å²) in [7, 11) is 0. The molecule has 2 fully saturated rings. The quantitative estimate of drug-likeness (QED) is 0.315. The first-order chi connectivity index (χ1) is 16.5. The molecule has 11 nitrogen and oxygen atoms in total. The average molecular weight is 492 g/mol. The van der Waals surface area contributed by atoms with Gasteiger partial charge in [0.15, 0.2) is 6.29 Å². The molecule has 35 heavy (non-hydrogen) atoms. The Bertz CT molecular complexity index is 1190. The molecule has 2 saturated heterocycles. The van der Waals surface area contributed by atoms with E-state index in [0.717, 1.165) is 12.1 Å². The van der Waals surface area contributed by atoms with E-state index < -0.39 is 58.7 Å². The maximum Gasteiger partial charge on any atom is 0.416 e. The fourth-order valence-electron chi connectivity index (χ4n) is 4.07. The van der Waals surface area contributed by atoms with Crippen molar-refractivity contribution in [2.24, 2.45) is 11.8 Å². The molecule has 2 aromatic rings. The summed E-state index contributed by atoms with van der Waals surface area (Å²) in [6.07, 6.45) is -6.97. The third kappa shape index (κ3) is 5.16. The minimum absolute atomic E-state index is 0.0592. The van der Waals surface area contributed by atoms with Crippen LogP contribution in [-0.4, -0.2) is 35.1 Å². The predicted octanol–water partition coefficient (Wildman–Crippen LogP) is 1.75. The van der Waals surface area contributed by atoms with Crippen molar-refractivity contribution in [2.75, 3.05) is 10.6 Å². The van der Waals surface area contributed by atoms with E-state index in [0.29, 0.717) is 0 Å². The van der Waals surface area contributed by atoms with Gasteiger partial charge in [0, 0.05) is 18.2 Å². The third-order valence-electron chi connectivity index (χ3n) is 5.65. The van der Waals surface area contributed by atoms with Gasteiger partial charge in [-0.15, -0.1) is 0 Å². The molecule has 2 heterocycles. The van der Waals surface area contributed by atoms with Crippen LogP contribution in [0.1, 0.15) is 12.0 Å². The molecule has 0 aliphatic carbocycles. The molecule has 2 aliphatic heterocycles. The number of piperidine rings is 1. The van der Waals surface area contributed by atoms with Crippen LogP contribution < -0.4 is 26.6 Å². The van der Waals surface area contributed by atoms with Crippen LogP contribution in [0.5, 0.6) is 0 Å². The molecular formula is C21H19F3N6O5. The van der Waals surface area contributed by atoms with Gasteiger partial charge in [0.05, 0.1) is 28.5 Å². The minimum Gasteiger partial charge on any atom is -0.353 e. The molecule has 4 unspecified atom stereocenters. The van der Waals surface area contributed by atoms with E-state index in [1.54, 1.807) is 0 Å². The van der Waals surface area contributed by atoms with Crippen molar-refractivity contribution < 1.29 is 32.5 Å². The number of carbonyl (C=O) groups is 3. The van der Waals surface area contributed by atoms with Crippen LogP contribution in [0.15, 0.2) is 48.5 Å². The zero-order valence-corrected chi connectivity index (χ0v) is 17.8. The van der Waals surface area contributed by atoms with E-state index in [4.69, 9.17) is 0 Å². The van der Waals surface area contributed by atoms with Crippen LogP contribution in [0.4, 0.5) is 30.2 Å². The molecule has 0 aromatic heterocycles. The lowest BCUT2D eigenvalue weighted by Gasteiger charge is -2.43. The van der Waals surface area contributed by atoms with Gasteiger partial charge in [0.2, 0.25) is 17.7 Å². The number of hydrogen-bond donors (Lipinski definition) is 5. The number of nitrogens with zero attached hydrogens (tertiary/aromatic N) is 1. The number of anilines is 2. The fraction of sp³-hybridized carbons (Fsp3) is 0.286. The standard InChI is InChI=1S/C21H19F3N6O5/c22-21(23,24)10-4-3-5-11(8-10)25-20-28-17-16(19(33)29-20)12(9-15(31)27-17)18(32)26-13-6-1-2-7-14(13)30(34)35/h1-8,12,16-17,20,25,28H,9H2,(H,26,32)(H,27,31)(H,29,33). The molecule has 5 N–H and O–H groups in total. The van der Waals surface area contributed by atoms with Gasteiger partial charge >= 0.3 is 6.18 Å². The van der Waals surface area contributed by atoms with E-state index in [1.807, 2.05) is 0 Å². The summed E-state index contributed by atoms with van der Waals surface area (Å²) in [5.41, 5.74) is -1.27. The summed E-state index contributed by atoms with van der Waals surface area (Å²) >= 11 is 0. The molecule has 2 aliphatic rings. The maximum absolute atomic E-state index is 13.0. The highest BCUT2D eigenvalue weighted by Crippen LogP contribution is 2.32. The molecule has 0 bridgehead atoms. The first-order valence-electron chi connectivity index (χ1n) is 10.4. The van der Waals surface area contributed by atoms with Crippen molar-refractivity contribution in [3.8, 4) is 0 Å². The van der Waals surface area contributed by atoms with Crippen LogP contribution >= 0.6 is 0 Å². The monoisotopic (exact) mass is 492 g/mol. The number of rotatable bonds is 5. The highest BCUT2D eigenvalue weighted by Gasteiger charge is 2.48. The van der Waals surface area contributed by atoms with Gasteiger partial charge < -0.3 is 21.3 Å². The predicted molar refractivity (Wildman–Crippen MR) is 115 cm³/mol. The average Bonchev–Trinajstić information content (AvgIpc) is 2.78. The van der Waals surface area contributed by atoms with E-state index in [2.05, 4.69) is 26.6 Å². The van der Waals surface area contributed by atoms with Gasteiger partial charge in [-0.2, -0.15) is 13.2 Å². The van der Waals surface area contributed by atoms with Gasteiger partial charge in [-0.25, -0.2) is 0 Å². The summed E-state index contributed by atoms with van der Waals surface area (Å²) < 4.78 is 38.9. The Hall–Kier alpha value is -4.20. The first-order valence-corrected chi connectivity index (χ1v) is 10.4. The van der Waals surface area contributed by atoms with Crippen molar-refractivity contribution in [3.05, 3.63) is 64.2 Å². The molecule has 184 valence electrons. The molecule has 3 amide bonds. The Morgan fingerprint density at radius 1 is 1.09 bits per heavy atom. The van der Waals surface area contributed by atoms with Crippen molar-refractivity contribution >= 4 is 34.8 Å². The number of carbonyl (C=O) groups excluding carboxylic acids is 3. The highest BCUT2D eigenvalue weighted by molar-refractivity contribution is 6.01. The second-order valence-electron chi connectivity index (χ2n) is 7.98. The lowest BCUT2D eigenvalue weighted by atomic mass is 9.81. The van der Waals surface area contributed by atoms with Crippen molar-refractivity contribution in [1.29, 1.82) is 0 Å². The van der Waals surface area contributed by atoms with Gasteiger partial charge in [-0.1, -0.05) is 18.2 Å². The summed E-state index contributed by atoms with van der Waals surface area (Å²) in [5, 5.41) is 24.3. The van der Waals surface area contributed by atoms with Gasteiger partial charge in [0.1, 0.15) is 5.69 Å². The molecule has 2 aromatic carbocycles. The minimum atomic E-state index is -4.56. The number of nitrogens with one attached hydrogen (secondary N) is 5. The SMILES string of the molecule is O=C1CC(C(=O)Nc2ccccc2[N+](=O)[O-])C2C(=O)NC(Nc3cccc(C(F)(F)F)c3)NC2N1. The van der Waals surface area contributed by atoms with Crippen LogP contribution in [-0.2, 0) is 20.6 Å².